The molecule has 2 aromatic carbocycles. The van der Waals surface area contributed by atoms with Crippen LogP contribution in [0.4, 0.5) is 0 Å². The summed E-state index contributed by atoms with van der Waals surface area (Å²) in [6.07, 6.45) is 1.01. The van der Waals surface area contributed by atoms with Gasteiger partial charge in [-0.15, -0.1) is 0 Å². The fraction of sp³-hybridized carbons (Fsp3) is 0.606. The van der Waals surface area contributed by atoms with Crippen LogP contribution in [0.5, 0.6) is 0 Å². The minimum absolute atomic E-state index is 0.0409. The zero-order chi connectivity index (χ0) is 28.0. The summed E-state index contributed by atoms with van der Waals surface area (Å²) in [5.41, 5.74) is 2.28. The molecule has 2 aromatic rings. The molecule has 8 atom stereocenters. The molecule has 0 aromatic heterocycles. The first-order valence-electron chi connectivity index (χ1n) is 14.6. The largest absolute Gasteiger partial charge is 0.390 e. The van der Waals surface area contributed by atoms with E-state index >= 15 is 0 Å². The molecule has 1 aliphatic heterocycles. The lowest BCUT2D eigenvalue weighted by Gasteiger charge is -2.51. The Hall–Kier alpha value is -1.83. The number of hydrogen-bond acceptors (Lipinski definition) is 5. The molecular formula is C33H46O5Si. The van der Waals surface area contributed by atoms with Gasteiger partial charge in [-0.2, -0.15) is 0 Å². The molecular weight excluding hydrogens is 504 g/mol. The minimum atomic E-state index is -2.16. The second-order valence-corrected chi connectivity index (χ2v) is 18.3. The first-order chi connectivity index (χ1) is 18.4. The van der Waals surface area contributed by atoms with E-state index < -0.39 is 14.1 Å². The highest BCUT2D eigenvalue weighted by atomic mass is 28.4. The third-order valence-electron chi connectivity index (χ3n) is 9.89. The Labute approximate surface area is 235 Å². The lowest BCUT2D eigenvalue weighted by atomic mass is 9.59. The lowest BCUT2D eigenvalue weighted by Crippen LogP contribution is -2.58. The van der Waals surface area contributed by atoms with E-state index in [0.717, 1.165) is 17.5 Å². The number of Topliss-reactive ketones (excluding diaryl/α,β-unsaturated/α-hetero) is 1. The van der Waals surface area contributed by atoms with Gasteiger partial charge in [-0.05, 0) is 42.1 Å². The van der Waals surface area contributed by atoms with E-state index in [1.165, 1.54) is 0 Å². The van der Waals surface area contributed by atoms with Crippen LogP contribution < -0.4 is 0 Å². The average molecular weight is 551 g/mol. The summed E-state index contributed by atoms with van der Waals surface area (Å²) in [7, 11) is -2.16. The summed E-state index contributed by atoms with van der Waals surface area (Å²) in [4.78, 5) is 13.3. The van der Waals surface area contributed by atoms with Gasteiger partial charge in [0.2, 0.25) is 0 Å². The predicted octanol–water partition coefficient (Wildman–Crippen LogP) is 7.16. The third kappa shape index (κ3) is 5.69. The molecule has 0 amide bonds. The highest BCUT2D eigenvalue weighted by Crippen LogP contribution is 2.60. The summed E-state index contributed by atoms with van der Waals surface area (Å²) >= 11 is 0. The maximum atomic E-state index is 13.3. The summed E-state index contributed by atoms with van der Waals surface area (Å²) in [6, 6.07) is 20.6. The number of fused-ring (bicyclic) bond motifs is 1. The maximum Gasteiger partial charge on any atom is 0.195 e. The van der Waals surface area contributed by atoms with Crippen LogP contribution in [-0.4, -0.2) is 38.2 Å². The second kappa shape index (κ2) is 10.9. The average Bonchev–Trinajstić information content (AvgIpc) is 3.19. The monoisotopic (exact) mass is 550 g/mol. The summed E-state index contributed by atoms with van der Waals surface area (Å²) < 4.78 is 27.6. The lowest BCUT2D eigenvalue weighted by molar-refractivity contribution is -0.219. The number of hydrogen-bond donors (Lipinski definition) is 0. The van der Waals surface area contributed by atoms with Gasteiger partial charge < -0.3 is 18.6 Å². The van der Waals surface area contributed by atoms with Crippen LogP contribution in [0.1, 0.15) is 58.6 Å². The van der Waals surface area contributed by atoms with E-state index in [1.54, 1.807) is 6.92 Å². The Balaban J connectivity index is 1.48. The van der Waals surface area contributed by atoms with E-state index in [-0.39, 0.29) is 52.8 Å². The van der Waals surface area contributed by atoms with Crippen LogP contribution in [0.25, 0.3) is 0 Å². The number of carbonyl (C=O) groups is 1. The molecule has 0 spiro atoms. The zero-order valence-corrected chi connectivity index (χ0v) is 25.7. The van der Waals surface area contributed by atoms with Gasteiger partial charge in [-0.25, -0.2) is 0 Å². The van der Waals surface area contributed by atoms with Crippen molar-refractivity contribution in [3.8, 4) is 0 Å². The highest BCUT2D eigenvalue weighted by molar-refractivity contribution is 6.74. The minimum Gasteiger partial charge on any atom is -0.390 e. The number of rotatable bonds is 9. The standard InChI is InChI=1S/C33H46O5Si/c1-22-29(35-20-24-14-10-8-11-15-24)28-26(23(2)34)18-33(38-39(6,7)32(3,4)5)19-27(28)31(37-33)30(22)36-21-25-16-12-9-13-17-25/h8-17,22,26-31H,18-21H2,1-7H3/t22-,26+,27-,28+,29-,30-,31-,33+/m1/s1. The van der Waals surface area contributed by atoms with Crippen molar-refractivity contribution in [2.45, 2.75) is 103 Å². The van der Waals surface area contributed by atoms with E-state index in [0.29, 0.717) is 19.6 Å². The molecule has 3 aliphatic rings. The first-order valence-corrected chi connectivity index (χ1v) is 17.5. The van der Waals surface area contributed by atoms with E-state index in [1.807, 2.05) is 36.4 Å². The van der Waals surface area contributed by atoms with Crippen molar-refractivity contribution in [1.82, 2.24) is 0 Å². The summed E-state index contributed by atoms with van der Waals surface area (Å²) in [5, 5.41) is 0.0409. The van der Waals surface area contributed by atoms with Gasteiger partial charge in [-0.1, -0.05) is 88.4 Å². The molecule has 0 unspecified atom stereocenters. The van der Waals surface area contributed by atoms with Crippen LogP contribution in [0.15, 0.2) is 60.7 Å². The SMILES string of the molecule is CC(=O)[C@@H]1C[C@]2(O[Si](C)(C)C(C)(C)C)C[C@H]3[C@@H](O2)[C@H](OCc2ccccc2)[C@H](C)[C@@H](OCc2ccccc2)[C@H]31. The molecule has 5 rings (SSSR count). The quantitative estimate of drug-likeness (QED) is 0.310. The molecule has 1 saturated heterocycles. The van der Waals surface area contributed by atoms with Crippen LogP contribution in [0, 0.1) is 23.7 Å². The Kier molecular flexibility index (Phi) is 7.99. The topological polar surface area (TPSA) is 54.0 Å². The van der Waals surface area contributed by atoms with Crippen LogP contribution in [0.2, 0.25) is 18.1 Å². The van der Waals surface area contributed by atoms with Crippen molar-refractivity contribution >= 4 is 14.1 Å². The molecule has 2 aliphatic carbocycles. The highest BCUT2D eigenvalue weighted by Gasteiger charge is 2.67. The van der Waals surface area contributed by atoms with Gasteiger partial charge in [0.25, 0.3) is 0 Å². The van der Waals surface area contributed by atoms with Crippen LogP contribution in [0.3, 0.4) is 0 Å². The molecule has 0 radical (unpaired) electrons. The smallest absolute Gasteiger partial charge is 0.195 e. The molecule has 5 nitrogen and oxygen atoms in total. The summed E-state index contributed by atoms with van der Waals surface area (Å²) in [5.74, 6) is -0.393. The van der Waals surface area contributed by atoms with Gasteiger partial charge >= 0.3 is 0 Å². The molecule has 0 N–H and O–H groups in total. The number of benzene rings is 2. The molecule has 3 fully saturated rings. The number of carbonyl (C=O) groups excluding carboxylic acids is 1. The number of ether oxygens (including phenoxy) is 3. The van der Waals surface area contributed by atoms with Crippen molar-refractivity contribution in [3.63, 3.8) is 0 Å². The van der Waals surface area contributed by atoms with Crippen LogP contribution >= 0.6 is 0 Å². The van der Waals surface area contributed by atoms with Crippen molar-refractivity contribution in [3.05, 3.63) is 71.8 Å². The molecule has 2 bridgehead atoms. The predicted molar refractivity (Wildman–Crippen MR) is 155 cm³/mol. The van der Waals surface area contributed by atoms with E-state index in [9.17, 15) is 4.79 Å². The molecule has 212 valence electrons. The molecule has 6 heteroatoms. The maximum absolute atomic E-state index is 13.3. The van der Waals surface area contributed by atoms with Crippen molar-refractivity contribution in [2.75, 3.05) is 0 Å². The van der Waals surface area contributed by atoms with Crippen molar-refractivity contribution in [1.29, 1.82) is 0 Å². The Morgan fingerprint density at radius 2 is 1.46 bits per heavy atom. The van der Waals surface area contributed by atoms with Gasteiger partial charge in [0, 0.05) is 30.6 Å². The molecule has 39 heavy (non-hydrogen) atoms. The Morgan fingerprint density at radius 1 is 0.923 bits per heavy atom. The van der Waals surface area contributed by atoms with E-state index in [4.69, 9.17) is 18.6 Å². The molecule has 1 heterocycles. The third-order valence-corrected chi connectivity index (χ3v) is 14.4. The normalized spacial score (nSPS) is 34.2. The number of ketones is 1. The van der Waals surface area contributed by atoms with Gasteiger partial charge in [0.15, 0.2) is 14.1 Å². The zero-order valence-electron chi connectivity index (χ0n) is 24.7. The fourth-order valence-electron chi connectivity index (χ4n) is 6.92. The fourth-order valence-corrected chi connectivity index (χ4v) is 8.37. The first kappa shape index (κ1) is 28.7. The Bertz CT molecular complexity index is 1130. The van der Waals surface area contributed by atoms with E-state index in [2.05, 4.69) is 65.1 Å². The Morgan fingerprint density at radius 3 is 1.97 bits per heavy atom. The van der Waals surface area contributed by atoms with Crippen molar-refractivity contribution < 1.29 is 23.4 Å². The van der Waals surface area contributed by atoms with Gasteiger partial charge in [0.05, 0.1) is 31.5 Å². The van der Waals surface area contributed by atoms with Gasteiger partial charge in [0.1, 0.15) is 5.78 Å². The van der Waals surface area contributed by atoms with Crippen LogP contribution in [-0.2, 0) is 36.6 Å². The summed E-state index contributed by atoms with van der Waals surface area (Å²) in [6.45, 7) is 16.3. The van der Waals surface area contributed by atoms with Gasteiger partial charge in [-0.3, -0.25) is 4.79 Å². The second-order valence-electron chi connectivity index (χ2n) is 13.6. The van der Waals surface area contributed by atoms with Crippen molar-refractivity contribution in [2.24, 2.45) is 23.7 Å². The molecule has 2 saturated carbocycles.